The van der Waals surface area contributed by atoms with Gasteiger partial charge in [-0.2, -0.15) is 0 Å². The average Bonchev–Trinajstić information content (AvgIpc) is 2.00. The lowest BCUT2D eigenvalue weighted by Crippen LogP contribution is -2.47. The molecular formula is C9H22N4O2. The molecule has 0 aromatic heterocycles. The van der Waals surface area contributed by atoms with E-state index < -0.39 is 12.3 Å². The van der Waals surface area contributed by atoms with Crippen LogP contribution in [0.25, 0.3) is 0 Å². The lowest BCUT2D eigenvalue weighted by molar-refractivity contribution is -0.137. The summed E-state index contributed by atoms with van der Waals surface area (Å²) < 4.78 is 0. The fourth-order valence-electron chi connectivity index (χ4n) is 1.35. The molecule has 0 aliphatic carbocycles. The second-order valence-corrected chi connectivity index (χ2v) is 3.88. The van der Waals surface area contributed by atoms with E-state index >= 15 is 0 Å². The standard InChI is InChI=1S/C9H22N4O2/c1-6(2)13-7(5-8(14)15)3-4-12-9(10)11/h6-7,9,12-13H,3-5,10-11H2,1-2H3,(H,14,15). The van der Waals surface area contributed by atoms with E-state index in [1.54, 1.807) is 0 Å². The van der Waals surface area contributed by atoms with E-state index in [1.165, 1.54) is 0 Å². The van der Waals surface area contributed by atoms with E-state index in [9.17, 15) is 4.79 Å². The van der Waals surface area contributed by atoms with Crippen LogP contribution in [0.2, 0.25) is 0 Å². The molecule has 0 aliphatic heterocycles. The molecule has 1 atom stereocenters. The smallest absolute Gasteiger partial charge is 0.304 e. The molecule has 6 heteroatoms. The molecule has 0 heterocycles. The molecule has 0 aromatic rings. The summed E-state index contributed by atoms with van der Waals surface area (Å²) in [7, 11) is 0. The monoisotopic (exact) mass is 218 g/mol. The normalized spacial score (nSPS) is 13.5. The summed E-state index contributed by atoms with van der Waals surface area (Å²) in [6, 6.07) is 0.217. The first-order valence-electron chi connectivity index (χ1n) is 5.14. The second kappa shape index (κ2) is 7.58. The highest BCUT2D eigenvalue weighted by Gasteiger charge is 2.13. The molecule has 0 spiro atoms. The Balaban J connectivity index is 3.84. The number of carboxylic acids is 1. The Morgan fingerprint density at radius 1 is 1.40 bits per heavy atom. The summed E-state index contributed by atoms with van der Waals surface area (Å²) in [6.07, 6.45) is 0.254. The number of nitrogens with one attached hydrogen (secondary N) is 2. The number of carboxylic acid groups (broad SMARTS) is 1. The summed E-state index contributed by atoms with van der Waals surface area (Å²) in [5, 5.41) is 14.7. The fraction of sp³-hybridized carbons (Fsp3) is 0.889. The van der Waals surface area contributed by atoms with Crippen LogP contribution in [0.3, 0.4) is 0 Å². The van der Waals surface area contributed by atoms with Gasteiger partial charge in [0.15, 0.2) is 0 Å². The molecular weight excluding hydrogens is 196 g/mol. The SMILES string of the molecule is CC(C)NC(CCNC(N)N)CC(=O)O. The topological polar surface area (TPSA) is 113 Å². The first-order valence-corrected chi connectivity index (χ1v) is 5.14. The van der Waals surface area contributed by atoms with Crippen molar-refractivity contribution in [3.8, 4) is 0 Å². The first kappa shape index (κ1) is 14.3. The van der Waals surface area contributed by atoms with Crippen LogP contribution in [-0.2, 0) is 4.79 Å². The quantitative estimate of drug-likeness (QED) is 0.334. The van der Waals surface area contributed by atoms with Gasteiger partial charge in [-0.25, -0.2) is 0 Å². The molecule has 0 bridgehead atoms. The third-order valence-electron chi connectivity index (χ3n) is 1.86. The van der Waals surface area contributed by atoms with Crippen LogP contribution in [0.1, 0.15) is 26.7 Å². The molecule has 0 aromatic carbocycles. The maximum atomic E-state index is 10.6. The van der Waals surface area contributed by atoms with Gasteiger partial charge in [-0.3, -0.25) is 10.1 Å². The van der Waals surface area contributed by atoms with Gasteiger partial charge in [-0.1, -0.05) is 13.8 Å². The minimum absolute atomic E-state index is 0.0475. The molecule has 6 nitrogen and oxygen atoms in total. The molecule has 0 amide bonds. The van der Waals surface area contributed by atoms with Crippen LogP contribution in [0.5, 0.6) is 0 Å². The van der Waals surface area contributed by atoms with Crippen molar-refractivity contribution in [3.05, 3.63) is 0 Å². The summed E-state index contributed by atoms with van der Waals surface area (Å²) in [4.78, 5) is 10.6. The van der Waals surface area contributed by atoms with Crippen LogP contribution in [0.15, 0.2) is 0 Å². The van der Waals surface area contributed by atoms with Gasteiger partial charge in [-0.15, -0.1) is 0 Å². The number of hydrogen-bond donors (Lipinski definition) is 5. The van der Waals surface area contributed by atoms with Crippen molar-refractivity contribution < 1.29 is 9.90 Å². The molecule has 7 N–H and O–H groups in total. The van der Waals surface area contributed by atoms with Crippen molar-refractivity contribution in [1.29, 1.82) is 0 Å². The molecule has 90 valence electrons. The highest BCUT2D eigenvalue weighted by molar-refractivity contribution is 5.67. The third-order valence-corrected chi connectivity index (χ3v) is 1.86. The van der Waals surface area contributed by atoms with Gasteiger partial charge in [0.1, 0.15) is 6.29 Å². The van der Waals surface area contributed by atoms with Crippen molar-refractivity contribution in [2.24, 2.45) is 11.5 Å². The molecule has 0 aliphatic rings. The summed E-state index contributed by atoms with van der Waals surface area (Å²) in [6.45, 7) is 4.57. The summed E-state index contributed by atoms with van der Waals surface area (Å²) >= 11 is 0. The number of carbonyl (C=O) groups is 1. The van der Waals surface area contributed by atoms with Crippen molar-refractivity contribution in [2.45, 2.75) is 45.1 Å². The third kappa shape index (κ3) is 9.61. The Hall–Kier alpha value is -0.690. The van der Waals surface area contributed by atoms with E-state index in [-0.39, 0.29) is 18.5 Å². The molecule has 0 rings (SSSR count). The van der Waals surface area contributed by atoms with Crippen LogP contribution >= 0.6 is 0 Å². The Morgan fingerprint density at radius 2 is 2.00 bits per heavy atom. The highest BCUT2D eigenvalue weighted by Crippen LogP contribution is 1.99. The van der Waals surface area contributed by atoms with Crippen LogP contribution < -0.4 is 22.1 Å². The second-order valence-electron chi connectivity index (χ2n) is 3.88. The molecule has 15 heavy (non-hydrogen) atoms. The maximum Gasteiger partial charge on any atom is 0.304 e. The van der Waals surface area contributed by atoms with Crippen LogP contribution in [0.4, 0.5) is 0 Å². The van der Waals surface area contributed by atoms with Gasteiger partial charge in [0.2, 0.25) is 0 Å². The largest absolute Gasteiger partial charge is 0.481 e. The van der Waals surface area contributed by atoms with Gasteiger partial charge in [0, 0.05) is 12.1 Å². The van der Waals surface area contributed by atoms with Crippen molar-refractivity contribution in [1.82, 2.24) is 10.6 Å². The molecule has 0 saturated heterocycles. The summed E-state index contributed by atoms with van der Waals surface area (Å²) in [5.74, 6) is -0.801. The Bertz CT molecular complexity index is 185. The van der Waals surface area contributed by atoms with E-state index in [2.05, 4.69) is 10.6 Å². The molecule has 0 radical (unpaired) electrons. The zero-order chi connectivity index (χ0) is 11.8. The van der Waals surface area contributed by atoms with Crippen LogP contribution in [0, 0.1) is 0 Å². The molecule has 0 saturated carbocycles. The molecule has 0 fully saturated rings. The van der Waals surface area contributed by atoms with E-state index in [1.807, 2.05) is 13.8 Å². The van der Waals surface area contributed by atoms with Gasteiger partial charge in [0.05, 0.1) is 6.42 Å². The lowest BCUT2D eigenvalue weighted by Gasteiger charge is -2.20. The minimum Gasteiger partial charge on any atom is -0.481 e. The van der Waals surface area contributed by atoms with E-state index in [0.29, 0.717) is 13.0 Å². The highest BCUT2D eigenvalue weighted by atomic mass is 16.4. The van der Waals surface area contributed by atoms with Crippen LogP contribution in [-0.4, -0.2) is 36.0 Å². The number of rotatable bonds is 8. The number of nitrogens with two attached hydrogens (primary N) is 2. The number of hydrogen-bond acceptors (Lipinski definition) is 5. The average molecular weight is 218 g/mol. The first-order chi connectivity index (χ1) is 6.91. The van der Waals surface area contributed by atoms with E-state index in [4.69, 9.17) is 16.6 Å². The van der Waals surface area contributed by atoms with Gasteiger partial charge < -0.3 is 21.9 Å². The van der Waals surface area contributed by atoms with Gasteiger partial charge in [-0.05, 0) is 13.0 Å². The predicted molar refractivity (Wildman–Crippen MR) is 59.1 cm³/mol. The Labute approximate surface area is 90.4 Å². The van der Waals surface area contributed by atoms with Crippen molar-refractivity contribution in [2.75, 3.05) is 6.54 Å². The Kier molecular flexibility index (Phi) is 7.23. The molecule has 1 unspecified atom stereocenters. The predicted octanol–water partition coefficient (Wildman–Crippen LogP) is -0.992. The lowest BCUT2D eigenvalue weighted by atomic mass is 10.1. The van der Waals surface area contributed by atoms with Gasteiger partial charge in [0.25, 0.3) is 0 Å². The summed E-state index contributed by atoms with van der Waals surface area (Å²) in [5.41, 5.74) is 10.6. The zero-order valence-electron chi connectivity index (χ0n) is 9.36. The van der Waals surface area contributed by atoms with Crippen molar-refractivity contribution in [3.63, 3.8) is 0 Å². The maximum absolute atomic E-state index is 10.6. The fourth-order valence-corrected chi connectivity index (χ4v) is 1.35. The van der Waals surface area contributed by atoms with Gasteiger partial charge >= 0.3 is 5.97 Å². The van der Waals surface area contributed by atoms with E-state index in [0.717, 1.165) is 0 Å². The minimum atomic E-state index is -0.801. The number of aliphatic carboxylic acids is 1. The zero-order valence-corrected chi connectivity index (χ0v) is 9.36. The van der Waals surface area contributed by atoms with Crippen molar-refractivity contribution >= 4 is 5.97 Å². The Morgan fingerprint density at radius 3 is 2.40 bits per heavy atom.